The number of rotatable bonds is 27. The molecular formula is C63H64N11O20P3-4. The summed E-state index contributed by atoms with van der Waals surface area (Å²) in [6, 6.07) is 15.3. The number of nitrogens with one attached hydrogen (secondary N) is 2. The van der Waals surface area contributed by atoms with Crippen molar-refractivity contribution in [3.8, 4) is 29.1 Å². The highest BCUT2D eigenvalue weighted by Gasteiger charge is 2.37. The predicted octanol–water partition coefficient (Wildman–Crippen LogP) is 1.91. The Balaban J connectivity index is 0.604. The minimum atomic E-state index is -6.17. The van der Waals surface area contributed by atoms with E-state index in [1.165, 1.54) is 46.7 Å². The zero-order chi connectivity index (χ0) is 68.2. The van der Waals surface area contributed by atoms with Gasteiger partial charge >= 0.3 is 0 Å². The van der Waals surface area contributed by atoms with Crippen molar-refractivity contribution >= 4 is 75.1 Å². The van der Waals surface area contributed by atoms with Gasteiger partial charge in [-0.3, -0.25) is 27.8 Å². The molecule has 6 aliphatic rings. The average Bonchev–Trinajstić information content (AvgIpc) is 1.36. The molecule has 31 nitrogen and oxygen atoms in total. The summed E-state index contributed by atoms with van der Waals surface area (Å²) >= 11 is 0. The minimum absolute atomic E-state index is 0.0188. The average molecular weight is 1390 g/mol. The first-order valence-electron chi connectivity index (χ1n) is 31.4. The van der Waals surface area contributed by atoms with Crippen molar-refractivity contribution in [2.75, 3.05) is 82.9 Å². The third-order valence-corrected chi connectivity index (χ3v) is 20.9. The van der Waals surface area contributed by atoms with Crippen molar-refractivity contribution in [3.63, 3.8) is 0 Å². The van der Waals surface area contributed by atoms with E-state index in [1.54, 1.807) is 35.0 Å². The van der Waals surface area contributed by atoms with Gasteiger partial charge in [-0.1, -0.05) is 35.2 Å². The molecule has 1 fully saturated rings. The molecule has 5 atom stereocenters. The van der Waals surface area contributed by atoms with E-state index in [-0.39, 0.29) is 92.7 Å². The van der Waals surface area contributed by atoms with Crippen molar-refractivity contribution in [2.45, 2.75) is 95.6 Å². The second kappa shape index (κ2) is 29.4. The van der Waals surface area contributed by atoms with E-state index in [0.717, 1.165) is 117 Å². The number of carboxylic acid groups (broad SMARTS) is 1. The van der Waals surface area contributed by atoms with Crippen LogP contribution in [-0.4, -0.2) is 123 Å². The van der Waals surface area contributed by atoms with E-state index >= 15 is 0 Å². The summed E-state index contributed by atoms with van der Waals surface area (Å²) in [6.07, 6.45) is 8.05. The molecule has 0 bridgehead atoms. The molecule has 1 saturated heterocycles. The van der Waals surface area contributed by atoms with Crippen LogP contribution in [0, 0.1) is 11.8 Å². The summed E-state index contributed by atoms with van der Waals surface area (Å²) in [7, 11) is -18.1. The number of carbonyl (C=O) groups is 4. The van der Waals surface area contributed by atoms with Gasteiger partial charge in [-0.15, -0.1) is 0 Å². The largest absolute Gasteiger partial charge is 0.790 e. The number of fused-ring (bicyclic) bond motifs is 5. The number of aromatic carboxylic acids is 1. The van der Waals surface area contributed by atoms with E-state index in [9.17, 15) is 63.1 Å². The molecule has 12 rings (SSSR count). The van der Waals surface area contributed by atoms with Crippen molar-refractivity contribution in [3.05, 3.63) is 144 Å². The van der Waals surface area contributed by atoms with Crippen LogP contribution in [0.5, 0.6) is 17.2 Å². The van der Waals surface area contributed by atoms with Crippen LogP contribution in [0.15, 0.2) is 72.2 Å². The van der Waals surface area contributed by atoms with Crippen molar-refractivity contribution in [2.24, 2.45) is 5.11 Å². The summed E-state index contributed by atoms with van der Waals surface area (Å²) in [5.41, 5.74) is 24.5. The van der Waals surface area contributed by atoms with Gasteiger partial charge < -0.3 is 88.1 Å². The fourth-order valence-corrected chi connectivity index (χ4v) is 16.2. The van der Waals surface area contributed by atoms with Gasteiger partial charge in [-0.05, 0) is 111 Å². The van der Waals surface area contributed by atoms with Crippen molar-refractivity contribution in [1.82, 2.24) is 29.7 Å². The Bertz CT molecular complexity index is 4560. The van der Waals surface area contributed by atoms with Gasteiger partial charge in [0, 0.05) is 99.9 Å². The Morgan fingerprint density at radius 1 is 0.876 bits per heavy atom. The maximum absolute atomic E-state index is 14.1. The number of aryl methyl sites for hydroxylation is 2. The number of azide groups is 1. The molecule has 0 saturated carbocycles. The number of nitrogens with zero attached hydrogens (tertiary/aromatic N) is 8. The van der Waals surface area contributed by atoms with E-state index in [0.29, 0.717) is 22.1 Å². The van der Waals surface area contributed by atoms with Crippen LogP contribution >= 0.6 is 23.5 Å². The molecule has 6 aliphatic heterocycles. The van der Waals surface area contributed by atoms with Crippen LogP contribution in [0.3, 0.4) is 0 Å². The van der Waals surface area contributed by atoms with Crippen LogP contribution in [0.1, 0.15) is 128 Å². The van der Waals surface area contributed by atoms with Crippen LogP contribution in [0.25, 0.3) is 27.0 Å². The smallest absolute Gasteiger partial charge is 0.278 e. The van der Waals surface area contributed by atoms with Crippen LogP contribution in [0.2, 0.25) is 0 Å². The molecular weight excluding hydrogens is 1320 g/mol. The molecule has 8 heterocycles. The lowest BCUT2D eigenvalue weighted by Crippen LogP contribution is -2.45. The molecule has 2 amide bonds. The number of ketones is 1. The lowest BCUT2D eigenvalue weighted by Gasteiger charge is -2.39. The number of aromatic nitrogens is 3. The van der Waals surface area contributed by atoms with E-state index in [2.05, 4.69) is 77.2 Å². The monoisotopic (exact) mass is 1390 g/mol. The van der Waals surface area contributed by atoms with Crippen LogP contribution < -0.4 is 70.6 Å². The maximum Gasteiger partial charge on any atom is 0.278 e. The Kier molecular flexibility index (Phi) is 20.7. The summed E-state index contributed by atoms with van der Waals surface area (Å²) in [4.78, 5) is 112. The normalized spacial score (nSPS) is 18.3. The van der Waals surface area contributed by atoms with E-state index < -0.39 is 73.0 Å². The number of nitrogen functional groups attached to an aromatic ring is 1. The van der Waals surface area contributed by atoms with Crippen LogP contribution in [-0.2, 0) is 71.5 Å². The van der Waals surface area contributed by atoms with Gasteiger partial charge in [-0.2, -0.15) is 0 Å². The van der Waals surface area contributed by atoms with Crippen molar-refractivity contribution < 1.29 is 94.4 Å². The number of phosphoric acid groups is 3. The molecule has 34 heteroatoms. The highest BCUT2D eigenvalue weighted by molar-refractivity contribution is 7.64. The van der Waals surface area contributed by atoms with E-state index in [4.69, 9.17) is 29.4 Å². The molecule has 6 aromatic rings. The summed E-state index contributed by atoms with van der Waals surface area (Å²) in [5.74, 6) is 4.99. The molecule has 4 N–H and O–H groups in total. The standard InChI is InChI=1S/C63H68N11O20P3/c64-60-54-41(32-74(61(54)69-36-68-60)53-19-17-43(91-53)33-90-96(83,84)94-97(85,86)93-95(80,81)82)9-2-20-66-51(76)34-87-26-27-88-52(70-71-65)35-89-42-12-1-8-40(28-42)62(77)67-21-3-15-50(75)37-16-18-44(63(78)79)47(29-37)55-48-30-38-10-4-22-72-24-6-13-45(56(38)72)58(48)92-59-46-14-7-25-73-23-5-11-39(57(46)73)31-49(55)59/h1,8,12,16,18,28-32,36,43,52-53H,3-7,10-11,13-15,17,19-27,33-35H2,(H8-,64,66,67,68,69,76,77,78,79,80,81,82,83,84,85,86)/p-4/t43-,52?,53+/m0/s1. The second-order valence-electron chi connectivity index (χ2n) is 23.7. The Morgan fingerprint density at radius 3 is 2.47 bits per heavy atom. The predicted molar refractivity (Wildman–Crippen MR) is 335 cm³/mol. The van der Waals surface area contributed by atoms with Gasteiger partial charge in [0.25, 0.3) is 21.6 Å². The Hall–Kier alpha value is -8.39. The minimum Gasteiger partial charge on any atom is -0.790 e. The van der Waals surface area contributed by atoms with Crippen LogP contribution in [0.4, 0.5) is 11.5 Å². The van der Waals surface area contributed by atoms with Crippen molar-refractivity contribution in [1.29, 1.82) is 0 Å². The molecule has 0 spiro atoms. The first-order valence-corrected chi connectivity index (χ1v) is 35.8. The number of anilines is 2. The van der Waals surface area contributed by atoms with Gasteiger partial charge in [-0.25, -0.2) is 18.9 Å². The Labute approximate surface area is 553 Å². The lowest BCUT2D eigenvalue weighted by atomic mass is 9.81. The first-order chi connectivity index (χ1) is 46.6. The number of hydrogen-bond acceptors (Lipinski definition) is 25. The Morgan fingerprint density at radius 2 is 1.67 bits per heavy atom. The number of phosphoric ester groups is 1. The van der Waals surface area contributed by atoms with Gasteiger partial charge in [0.1, 0.15) is 67.6 Å². The fourth-order valence-electron chi connectivity index (χ4n) is 13.3. The fraction of sp³-hybridized carbons (Fsp3) is 0.413. The summed E-state index contributed by atoms with van der Waals surface area (Å²) < 4.78 is 79.5. The number of carboxylic acids is 1. The third kappa shape index (κ3) is 15.8. The molecule has 0 aliphatic carbocycles. The quantitative estimate of drug-likeness (QED) is 0.00967. The van der Waals surface area contributed by atoms with E-state index in [1.807, 2.05) is 0 Å². The highest BCUT2D eigenvalue weighted by atomic mass is 31.3. The zero-order valence-corrected chi connectivity index (χ0v) is 54.7. The first kappa shape index (κ1) is 68.5. The second-order valence-corrected chi connectivity index (χ2v) is 27.9. The SMILES string of the molecule is [N-]=[N+]=NC(COc1cccc(C(=O)NCCCC(=O)c2ccc(C(=O)[O-])c(C3=c4cc5c6c(c4Oc4c3cc3c7c4CCCN7CCC3)CCC[N+]=6CCC5)c2)c1)OCCOCC(=O)NCC#Cc1cn([C@H]2CC[C@@H](COP(=O)([O-])OP(=O)([O-])OP(=O)([O-])[O-])O2)c2ncnc(N)c12. The molecule has 3 unspecified atom stereocenters. The summed E-state index contributed by atoms with van der Waals surface area (Å²) in [5, 5.41) is 24.6. The van der Waals surface area contributed by atoms with Gasteiger partial charge in [0.2, 0.25) is 11.3 Å². The molecule has 97 heavy (non-hydrogen) atoms. The third-order valence-electron chi connectivity index (χ3n) is 17.3. The number of hydrogen-bond donors (Lipinski definition) is 3. The number of amides is 2. The number of Topliss-reactive ketones (excluding diaryl/α,β-unsaturated/α-hetero) is 1. The number of ether oxygens (including phenoxy) is 5. The van der Waals surface area contributed by atoms with Gasteiger partial charge in [0.05, 0.1) is 62.8 Å². The van der Waals surface area contributed by atoms with Gasteiger partial charge in [0.15, 0.2) is 12.0 Å². The highest BCUT2D eigenvalue weighted by Crippen LogP contribution is 2.60. The topological polar surface area (TPSA) is 444 Å². The zero-order valence-electron chi connectivity index (χ0n) is 52.0. The molecule has 0 radical (unpaired) electrons. The molecule has 510 valence electrons. The molecule has 2 aromatic heterocycles. The summed E-state index contributed by atoms with van der Waals surface area (Å²) in [6.45, 7) is 2.27. The maximum atomic E-state index is 14.1. The number of nitrogens with two attached hydrogens (primary N) is 1. The number of benzene rings is 4. The lowest BCUT2D eigenvalue weighted by molar-refractivity contribution is -0.339. The molecule has 4 aromatic carbocycles. The number of carbonyl (C=O) groups excluding carboxylic acids is 4.